The third-order valence-electron chi connectivity index (χ3n) is 8.58. The summed E-state index contributed by atoms with van der Waals surface area (Å²) >= 11 is 2.23. The van der Waals surface area contributed by atoms with Crippen LogP contribution in [0.2, 0.25) is 0 Å². The highest BCUT2D eigenvalue weighted by molar-refractivity contribution is 14.1. The van der Waals surface area contributed by atoms with Gasteiger partial charge in [0.05, 0.1) is 18.1 Å². The molecule has 6 rings (SSSR count). The molecule has 1 spiro atoms. The number of carbonyl (C=O) groups excluding carboxylic acids is 2. The van der Waals surface area contributed by atoms with Crippen LogP contribution in [-0.4, -0.2) is 69.1 Å². The van der Waals surface area contributed by atoms with Crippen LogP contribution in [0.5, 0.6) is 0 Å². The van der Waals surface area contributed by atoms with Crippen LogP contribution in [-0.2, 0) is 4.79 Å². The lowest BCUT2D eigenvalue weighted by Crippen LogP contribution is -2.57. The standard InChI is InChI=1S/C30H27F4IN6O2/c1-28(30(32,33)34)9-8-22(15-25(28)31)41-24(19-3-2-12-36-17-19)16-23(38-41)26(42)39-13-10-29(11-14-39)27(43)37-18-40(29)21-6-4-20(35)5-7-21/h2-9,12,15-17,25H,10-11,13-14,18H2,1H3,(H,37,43). The molecule has 8 nitrogen and oxygen atoms in total. The molecular formula is C30H27F4IN6O2. The van der Waals surface area contributed by atoms with Crippen LogP contribution < -0.4 is 10.2 Å². The fourth-order valence-electron chi connectivity index (χ4n) is 5.81. The van der Waals surface area contributed by atoms with E-state index in [9.17, 15) is 27.2 Å². The molecule has 0 saturated carbocycles. The van der Waals surface area contributed by atoms with Gasteiger partial charge < -0.3 is 15.1 Å². The zero-order valence-corrected chi connectivity index (χ0v) is 25.1. The van der Waals surface area contributed by atoms with Gasteiger partial charge in [-0.3, -0.25) is 14.6 Å². The Morgan fingerprint density at radius 2 is 1.86 bits per heavy atom. The highest BCUT2D eigenvalue weighted by atomic mass is 127. The lowest BCUT2D eigenvalue weighted by Gasteiger charge is -2.43. The average molecular weight is 706 g/mol. The second-order valence-electron chi connectivity index (χ2n) is 11.1. The predicted octanol–water partition coefficient (Wildman–Crippen LogP) is 5.44. The van der Waals surface area contributed by atoms with Gasteiger partial charge in [0.15, 0.2) is 5.69 Å². The minimum atomic E-state index is -4.79. The fraction of sp³-hybridized carbons (Fsp3) is 0.333. The number of alkyl halides is 4. The molecule has 0 radical (unpaired) electrons. The van der Waals surface area contributed by atoms with Gasteiger partial charge in [-0.1, -0.05) is 6.08 Å². The second kappa shape index (κ2) is 10.8. The topological polar surface area (TPSA) is 83.4 Å². The smallest absolute Gasteiger partial charge is 0.339 e. The van der Waals surface area contributed by atoms with E-state index < -0.39 is 29.2 Å². The Balaban J connectivity index is 1.27. The Labute approximate surface area is 258 Å². The highest BCUT2D eigenvalue weighted by Crippen LogP contribution is 2.47. The fourth-order valence-corrected chi connectivity index (χ4v) is 6.17. The van der Waals surface area contributed by atoms with Crippen LogP contribution in [0.4, 0.5) is 23.2 Å². The number of nitrogens with zero attached hydrogens (tertiary/aromatic N) is 5. The first-order valence-electron chi connectivity index (χ1n) is 13.7. The van der Waals surface area contributed by atoms with E-state index >= 15 is 0 Å². The normalized spacial score (nSPS) is 23.4. The molecule has 43 heavy (non-hydrogen) atoms. The van der Waals surface area contributed by atoms with Gasteiger partial charge in [-0.15, -0.1) is 0 Å². The van der Waals surface area contributed by atoms with Crippen LogP contribution in [0, 0.1) is 8.99 Å². The minimum Gasteiger partial charge on any atom is -0.339 e. The van der Waals surface area contributed by atoms with E-state index in [-0.39, 0.29) is 17.3 Å². The number of amides is 2. The van der Waals surface area contributed by atoms with Crippen molar-refractivity contribution in [2.45, 2.75) is 37.7 Å². The molecule has 0 bridgehead atoms. The molecule has 2 amide bonds. The van der Waals surface area contributed by atoms with Crippen LogP contribution in [0.3, 0.4) is 0 Å². The summed E-state index contributed by atoms with van der Waals surface area (Å²) < 4.78 is 58.2. The highest BCUT2D eigenvalue weighted by Gasteiger charge is 2.55. The summed E-state index contributed by atoms with van der Waals surface area (Å²) in [5.74, 6) is -0.473. The summed E-state index contributed by atoms with van der Waals surface area (Å²) in [6.07, 6.45) is -0.415. The van der Waals surface area contributed by atoms with Gasteiger partial charge in [-0.2, -0.15) is 18.3 Å². The lowest BCUT2D eigenvalue weighted by atomic mass is 9.80. The lowest BCUT2D eigenvalue weighted by molar-refractivity contribution is -0.213. The number of rotatable bonds is 4. The molecular weight excluding hydrogens is 679 g/mol. The number of aromatic nitrogens is 3. The molecule has 1 aromatic carbocycles. The molecule has 1 aliphatic carbocycles. The summed E-state index contributed by atoms with van der Waals surface area (Å²) in [5, 5.41) is 7.39. The predicted molar refractivity (Wildman–Crippen MR) is 160 cm³/mol. The van der Waals surface area contributed by atoms with Crippen molar-refractivity contribution >= 4 is 45.8 Å². The average Bonchev–Trinajstić information content (AvgIpc) is 3.57. The van der Waals surface area contributed by atoms with Gasteiger partial charge in [-0.25, -0.2) is 9.07 Å². The molecule has 1 N–H and O–H groups in total. The third-order valence-corrected chi connectivity index (χ3v) is 9.30. The minimum absolute atomic E-state index is 0.0500. The first-order valence-corrected chi connectivity index (χ1v) is 14.7. The van der Waals surface area contributed by atoms with Crippen LogP contribution >= 0.6 is 22.6 Å². The summed E-state index contributed by atoms with van der Waals surface area (Å²) in [5.41, 5.74) is -1.50. The van der Waals surface area contributed by atoms with Crippen molar-refractivity contribution in [1.29, 1.82) is 0 Å². The van der Waals surface area contributed by atoms with Crippen molar-refractivity contribution < 1.29 is 27.2 Å². The number of carbonyl (C=O) groups is 2. The van der Waals surface area contributed by atoms with Crippen molar-refractivity contribution in [3.8, 4) is 11.3 Å². The molecule has 3 aliphatic rings. The number of halogens is 5. The third kappa shape index (κ3) is 5.00. The molecule has 2 aromatic heterocycles. The Kier molecular flexibility index (Phi) is 7.33. The van der Waals surface area contributed by atoms with E-state index in [2.05, 4.69) is 38.0 Å². The van der Waals surface area contributed by atoms with Crippen molar-refractivity contribution in [3.63, 3.8) is 0 Å². The molecule has 2 atom stereocenters. The molecule has 13 heteroatoms. The molecule has 2 fully saturated rings. The largest absolute Gasteiger partial charge is 0.400 e. The van der Waals surface area contributed by atoms with Gasteiger partial charge in [0.2, 0.25) is 5.91 Å². The Morgan fingerprint density at radius 3 is 2.49 bits per heavy atom. The molecule has 2 saturated heterocycles. The maximum Gasteiger partial charge on any atom is 0.400 e. The van der Waals surface area contributed by atoms with Crippen LogP contribution in [0.15, 0.2) is 73.1 Å². The van der Waals surface area contributed by atoms with Gasteiger partial charge in [-0.05, 0) is 97.0 Å². The summed E-state index contributed by atoms with van der Waals surface area (Å²) in [6, 6.07) is 12.8. The van der Waals surface area contributed by atoms with Crippen molar-refractivity contribution in [2.24, 2.45) is 5.41 Å². The first-order chi connectivity index (χ1) is 20.4. The van der Waals surface area contributed by atoms with Crippen LogP contribution in [0.25, 0.3) is 17.0 Å². The monoisotopic (exact) mass is 706 g/mol. The number of allylic oxidation sites excluding steroid dienone is 4. The molecule has 2 unspecified atom stereocenters. The molecule has 2 aliphatic heterocycles. The maximum absolute atomic E-state index is 15.0. The van der Waals surface area contributed by atoms with Crippen molar-refractivity contribution in [2.75, 3.05) is 24.7 Å². The number of hydrogen-bond acceptors (Lipinski definition) is 5. The van der Waals surface area contributed by atoms with Crippen molar-refractivity contribution in [1.82, 2.24) is 25.0 Å². The zero-order chi connectivity index (χ0) is 30.6. The van der Waals surface area contributed by atoms with Crippen LogP contribution in [0.1, 0.15) is 30.3 Å². The summed E-state index contributed by atoms with van der Waals surface area (Å²) in [6.45, 7) is 1.76. The number of benzene rings is 1. The van der Waals surface area contributed by atoms with Gasteiger partial charge in [0, 0.05) is 40.3 Å². The number of hydrogen-bond donors (Lipinski definition) is 1. The Hall–Kier alpha value is -3.75. The Morgan fingerprint density at radius 1 is 1.14 bits per heavy atom. The van der Waals surface area contributed by atoms with E-state index in [1.165, 1.54) is 23.0 Å². The number of likely N-dealkylation sites (tertiary alicyclic amines) is 1. The summed E-state index contributed by atoms with van der Waals surface area (Å²) in [7, 11) is 0. The van der Waals surface area contributed by atoms with E-state index in [1.807, 2.05) is 29.2 Å². The van der Waals surface area contributed by atoms with Gasteiger partial charge in [0.1, 0.15) is 17.1 Å². The number of piperidine rings is 1. The summed E-state index contributed by atoms with van der Waals surface area (Å²) in [4.78, 5) is 34.6. The first kappa shape index (κ1) is 29.3. The number of nitrogens with one attached hydrogen (secondary N) is 1. The quantitative estimate of drug-likeness (QED) is 0.289. The van der Waals surface area contributed by atoms with E-state index in [4.69, 9.17) is 0 Å². The van der Waals surface area contributed by atoms with E-state index in [0.29, 0.717) is 43.9 Å². The number of pyridine rings is 1. The van der Waals surface area contributed by atoms with Crippen molar-refractivity contribution in [3.05, 3.63) is 82.4 Å². The zero-order valence-electron chi connectivity index (χ0n) is 23.0. The second-order valence-corrected chi connectivity index (χ2v) is 12.3. The SMILES string of the molecule is CC1(C(F)(F)F)C=CC(n2nc(C(=O)N3CCC4(CC3)C(=O)NCN4c3ccc(I)cc3)cc2-c2cccnc2)=CC1F. The Bertz CT molecular complexity index is 1610. The number of anilines is 1. The van der Waals surface area contributed by atoms with E-state index in [1.54, 1.807) is 23.2 Å². The van der Waals surface area contributed by atoms with E-state index in [0.717, 1.165) is 28.3 Å². The molecule has 224 valence electrons. The van der Waals surface area contributed by atoms with Gasteiger partial charge >= 0.3 is 6.18 Å². The van der Waals surface area contributed by atoms with Gasteiger partial charge in [0.25, 0.3) is 5.91 Å². The molecule has 4 heterocycles. The molecule has 3 aromatic rings. The maximum atomic E-state index is 15.0.